The van der Waals surface area contributed by atoms with E-state index in [2.05, 4.69) is 5.32 Å². The summed E-state index contributed by atoms with van der Waals surface area (Å²) < 4.78 is 31.3. The second-order valence-corrected chi connectivity index (χ2v) is 7.76. The summed E-state index contributed by atoms with van der Waals surface area (Å²) in [4.78, 5) is 12.0. The molecular weight excluding hydrogens is 318 g/mol. The number of nitrogens with zero attached hydrogens (tertiary/aromatic N) is 1. The van der Waals surface area contributed by atoms with Crippen molar-refractivity contribution in [1.29, 1.82) is 0 Å². The minimum Gasteiger partial charge on any atom is -0.492 e. The normalized spacial score (nSPS) is 13.2. The SMILES string of the molecule is CCOc1ccc(NC(=O)[C@@H](N)C(C)C)cc1S(=O)(=O)N(C)C. The number of rotatable bonds is 7. The standard InChI is InChI=1S/C15H25N3O4S/c1-6-22-12-8-7-11(17-15(19)14(16)10(2)3)9-13(12)23(20,21)18(4)5/h7-10,14H,6,16H2,1-5H3,(H,17,19)/t14-/m0/s1. The molecule has 0 aliphatic rings. The molecule has 1 aromatic rings. The maximum Gasteiger partial charge on any atom is 0.246 e. The Labute approximate surface area is 137 Å². The van der Waals surface area contributed by atoms with Crippen molar-refractivity contribution in [2.45, 2.75) is 31.7 Å². The summed E-state index contributed by atoms with van der Waals surface area (Å²) in [5, 5.41) is 2.64. The summed E-state index contributed by atoms with van der Waals surface area (Å²) in [6, 6.07) is 3.82. The zero-order valence-electron chi connectivity index (χ0n) is 14.2. The molecule has 3 N–H and O–H groups in total. The van der Waals surface area contributed by atoms with Crippen LogP contribution in [0.5, 0.6) is 5.75 Å². The van der Waals surface area contributed by atoms with Crippen LogP contribution in [0.3, 0.4) is 0 Å². The van der Waals surface area contributed by atoms with Gasteiger partial charge in [0.25, 0.3) is 0 Å². The number of nitrogens with one attached hydrogen (secondary N) is 1. The van der Waals surface area contributed by atoms with Gasteiger partial charge in [0.15, 0.2) is 0 Å². The molecule has 0 spiro atoms. The fourth-order valence-electron chi connectivity index (χ4n) is 1.79. The molecule has 130 valence electrons. The van der Waals surface area contributed by atoms with Crippen molar-refractivity contribution in [1.82, 2.24) is 4.31 Å². The first kappa shape index (κ1) is 19.4. The van der Waals surface area contributed by atoms with Crippen molar-refractivity contribution in [3.8, 4) is 5.75 Å². The fourth-order valence-corrected chi connectivity index (χ4v) is 2.84. The minimum absolute atomic E-state index is 0.000248. The molecule has 0 radical (unpaired) electrons. The average Bonchev–Trinajstić information content (AvgIpc) is 2.47. The first-order valence-corrected chi connectivity index (χ1v) is 8.81. The van der Waals surface area contributed by atoms with E-state index in [0.717, 1.165) is 4.31 Å². The number of amides is 1. The second kappa shape index (κ2) is 7.76. The summed E-state index contributed by atoms with van der Waals surface area (Å²) in [6.45, 7) is 5.78. The van der Waals surface area contributed by atoms with E-state index < -0.39 is 16.1 Å². The van der Waals surface area contributed by atoms with Gasteiger partial charge in [0.2, 0.25) is 15.9 Å². The lowest BCUT2D eigenvalue weighted by Gasteiger charge is -2.18. The lowest BCUT2D eigenvalue weighted by atomic mass is 10.0. The third kappa shape index (κ3) is 4.66. The van der Waals surface area contributed by atoms with Crippen molar-refractivity contribution in [3.05, 3.63) is 18.2 Å². The topological polar surface area (TPSA) is 102 Å². The van der Waals surface area contributed by atoms with Crippen LogP contribution in [-0.2, 0) is 14.8 Å². The predicted molar refractivity (Wildman–Crippen MR) is 89.9 cm³/mol. The molecule has 1 aromatic carbocycles. The van der Waals surface area contributed by atoms with Gasteiger partial charge in [-0.1, -0.05) is 13.8 Å². The van der Waals surface area contributed by atoms with Crippen molar-refractivity contribution in [2.24, 2.45) is 11.7 Å². The second-order valence-electron chi connectivity index (χ2n) is 5.64. The fraction of sp³-hybridized carbons (Fsp3) is 0.533. The third-order valence-electron chi connectivity index (χ3n) is 3.29. The lowest BCUT2D eigenvalue weighted by Crippen LogP contribution is -2.39. The van der Waals surface area contributed by atoms with Gasteiger partial charge in [-0.15, -0.1) is 0 Å². The molecular formula is C15H25N3O4S. The van der Waals surface area contributed by atoms with Crippen LogP contribution in [0.15, 0.2) is 23.1 Å². The predicted octanol–water partition coefficient (Wildman–Crippen LogP) is 1.26. The van der Waals surface area contributed by atoms with Gasteiger partial charge in [-0.25, -0.2) is 12.7 Å². The number of anilines is 1. The molecule has 23 heavy (non-hydrogen) atoms. The van der Waals surface area contributed by atoms with Gasteiger partial charge in [0.05, 0.1) is 12.6 Å². The third-order valence-corrected chi connectivity index (χ3v) is 5.13. The van der Waals surface area contributed by atoms with E-state index in [1.165, 1.54) is 26.2 Å². The van der Waals surface area contributed by atoms with E-state index in [4.69, 9.17) is 10.5 Å². The molecule has 0 unspecified atom stereocenters. The highest BCUT2D eigenvalue weighted by atomic mass is 32.2. The zero-order valence-corrected chi connectivity index (χ0v) is 15.0. The average molecular weight is 343 g/mol. The van der Waals surface area contributed by atoms with Crippen LogP contribution in [0.25, 0.3) is 0 Å². The van der Waals surface area contributed by atoms with Gasteiger partial charge >= 0.3 is 0 Å². The highest BCUT2D eigenvalue weighted by Crippen LogP contribution is 2.29. The first-order valence-electron chi connectivity index (χ1n) is 7.37. The summed E-state index contributed by atoms with van der Waals surface area (Å²) in [5.41, 5.74) is 6.15. The van der Waals surface area contributed by atoms with Crippen molar-refractivity contribution < 1.29 is 17.9 Å². The molecule has 0 heterocycles. The molecule has 0 aliphatic heterocycles. The molecule has 0 aliphatic carbocycles. The van der Waals surface area contributed by atoms with Gasteiger partial charge < -0.3 is 15.8 Å². The number of sulfonamides is 1. The Morgan fingerprint density at radius 2 is 1.96 bits per heavy atom. The molecule has 1 rings (SSSR count). The molecule has 0 fully saturated rings. The minimum atomic E-state index is -3.70. The van der Waals surface area contributed by atoms with Crippen LogP contribution < -0.4 is 15.8 Å². The number of carbonyl (C=O) groups is 1. The molecule has 0 bridgehead atoms. The number of nitrogens with two attached hydrogens (primary N) is 1. The van der Waals surface area contributed by atoms with Gasteiger partial charge in [0.1, 0.15) is 10.6 Å². The van der Waals surface area contributed by atoms with Crippen molar-refractivity contribution in [3.63, 3.8) is 0 Å². The number of carbonyl (C=O) groups excluding carboxylic acids is 1. The van der Waals surface area contributed by atoms with Crippen LogP contribution in [-0.4, -0.2) is 45.4 Å². The molecule has 8 heteroatoms. The van der Waals surface area contributed by atoms with Crippen LogP contribution in [0, 0.1) is 5.92 Å². The molecule has 1 atom stereocenters. The maximum atomic E-state index is 12.4. The van der Waals surface area contributed by atoms with Gasteiger partial charge in [-0.3, -0.25) is 4.79 Å². The van der Waals surface area contributed by atoms with Gasteiger partial charge in [0, 0.05) is 19.8 Å². The van der Waals surface area contributed by atoms with Gasteiger partial charge in [-0.2, -0.15) is 0 Å². The molecule has 7 nitrogen and oxygen atoms in total. The zero-order chi connectivity index (χ0) is 17.8. The highest BCUT2D eigenvalue weighted by molar-refractivity contribution is 7.89. The Hall–Kier alpha value is -1.64. The molecule has 0 saturated carbocycles. The Bertz CT molecular complexity index is 657. The summed E-state index contributed by atoms with van der Waals surface area (Å²) >= 11 is 0. The monoisotopic (exact) mass is 343 g/mol. The number of hydrogen-bond acceptors (Lipinski definition) is 5. The first-order chi connectivity index (χ1) is 10.6. The highest BCUT2D eigenvalue weighted by Gasteiger charge is 2.24. The summed E-state index contributed by atoms with van der Waals surface area (Å²) in [5.74, 6) is -0.146. The van der Waals surface area contributed by atoms with Crippen LogP contribution in [0.1, 0.15) is 20.8 Å². The number of ether oxygens (including phenoxy) is 1. The van der Waals surface area contributed by atoms with Crippen molar-refractivity contribution in [2.75, 3.05) is 26.0 Å². The largest absolute Gasteiger partial charge is 0.492 e. The van der Waals surface area contributed by atoms with E-state index in [1.54, 1.807) is 13.0 Å². The van der Waals surface area contributed by atoms with Crippen molar-refractivity contribution >= 4 is 21.6 Å². The maximum absolute atomic E-state index is 12.4. The van der Waals surface area contributed by atoms with Crippen LogP contribution in [0.2, 0.25) is 0 Å². The van der Waals surface area contributed by atoms with E-state index in [9.17, 15) is 13.2 Å². The van der Waals surface area contributed by atoms with E-state index in [0.29, 0.717) is 12.3 Å². The Kier molecular flexibility index (Phi) is 6.55. The summed E-state index contributed by atoms with van der Waals surface area (Å²) in [6.07, 6.45) is 0. The smallest absolute Gasteiger partial charge is 0.246 e. The molecule has 1 amide bonds. The van der Waals surface area contributed by atoms with E-state index in [1.807, 2.05) is 13.8 Å². The lowest BCUT2D eigenvalue weighted by molar-refractivity contribution is -0.118. The Balaban J connectivity index is 3.22. The Morgan fingerprint density at radius 3 is 2.43 bits per heavy atom. The molecule has 0 aromatic heterocycles. The van der Waals surface area contributed by atoms with Gasteiger partial charge in [-0.05, 0) is 31.0 Å². The number of hydrogen-bond donors (Lipinski definition) is 2. The quantitative estimate of drug-likeness (QED) is 0.776. The molecule has 0 saturated heterocycles. The number of benzene rings is 1. The van der Waals surface area contributed by atoms with Crippen LogP contribution in [0.4, 0.5) is 5.69 Å². The van der Waals surface area contributed by atoms with E-state index >= 15 is 0 Å². The Morgan fingerprint density at radius 1 is 1.35 bits per heavy atom. The van der Waals surface area contributed by atoms with Crippen LogP contribution >= 0.6 is 0 Å². The summed E-state index contributed by atoms with van der Waals surface area (Å²) in [7, 11) is -0.828. The van der Waals surface area contributed by atoms with E-state index in [-0.39, 0.29) is 22.5 Å².